The van der Waals surface area contributed by atoms with Gasteiger partial charge in [-0.1, -0.05) is 13.8 Å². The first-order chi connectivity index (χ1) is 12.5. The molecular weight excluding hydrogens is 363 g/mol. The van der Waals surface area contributed by atoms with Gasteiger partial charge in [-0.3, -0.25) is 9.59 Å². The van der Waals surface area contributed by atoms with Crippen LogP contribution in [0, 0.1) is 11.3 Å². The molecule has 1 aromatic carbocycles. The van der Waals surface area contributed by atoms with Gasteiger partial charge >= 0.3 is 12.1 Å². The molecule has 0 aliphatic heterocycles. The Morgan fingerprint density at radius 1 is 1.37 bits per heavy atom. The zero-order valence-corrected chi connectivity index (χ0v) is 15.5. The molecule has 1 aliphatic carbocycles. The Labute approximate surface area is 155 Å². The normalized spacial score (nSPS) is 22.7. The predicted octanol–water partition coefficient (Wildman–Crippen LogP) is 3.79. The summed E-state index contributed by atoms with van der Waals surface area (Å²) in [5.41, 5.74) is -1.66. The molecule has 2 unspecified atom stereocenters. The van der Waals surface area contributed by atoms with Gasteiger partial charge in [-0.25, -0.2) is 0 Å². The fraction of sp³-hybridized carbons (Fsp3) is 0.579. The Morgan fingerprint density at radius 3 is 2.59 bits per heavy atom. The molecule has 0 saturated heterocycles. The van der Waals surface area contributed by atoms with Crippen molar-refractivity contribution >= 4 is 11.9 Å². The van der Waals surface area contributed by atoms with Gasteiger partial charge in [0.2, 0.25) is 5.91 Å². The lowest BCUT2D eigenvalue weighted by Gasteiger charge is -2.32. The summed E-state index contributed by atoms with van der Waals surface area (Å²) in [5.74, 6) is -1.09. The van der Waals surface area contributed by atoms with Crippen LogP contribution in [0.25, 0.3) is 0 Å². The summed E-state index contributed by atoms with van der Waals surface area (Å²) < 4.78 is 43.8. The first kappa shape index (κ1) is 21.1. The maximum atomic E-state index is 12.9. The fourth-order valence-corrected chi connectivity index (χ4v) is 3.61. The third kappa shape index (κ3) is 4.73. The lowest BCUT2D eigenvalue weighted by atomic mass is 9.74. The van der Waals surface area contributed by atoms with E-state index in [1.807, 2.05) is 13.8 Å². The van der Waals surface area contributed by atoms with Gasteiger partial charge in [-0.15, -0.1) is 0 Å². The minimum Gasteiger partial charge on any atom is -0.508 e. The molecular formula is C19H24F3NO4. The second kappa shape index (κ2) is 7.78. The highest BCUT2D eigenvalue weighted by Crippen LogP contribution is 2.45. The average molecular weight is 387 g/mol. The monoisotopic (exact) mass is 387 g/mol. The molecule has 0 radical (unpaired) electrons. The van der Waals surface area contributed by atoms with E-state index in [1.165, 1.54) is 6.92 Å². The zero-order valence-electron chi connectivity index (χ0n) is 15.5. The Bertz CT molecular complexity index is 717. The van der Waals surface area contributed by atoms with Crippen LogP contribution in [0.3, 0.4) is 0 Å². The van der Waals surface area contributed by atoms with Crippen molar-refractivity contribution in [3.63, 3.8) is 0 Å². The number of nitrogens with one attached hydrogen (secondary N) is 1. The van der Waals surface area contributed by atoms with Gasteiger partial charge in [0, 0.05) is 19.0 Å². The number of carbonyl (C=O) groups excluding carboxylic acids is 2. The molecule has 2 N–H and O–H groups in total. The first-order valence-electron chi connectivity index (χ1n) is 8.80. The van der Waals surface area contributed by atoms with Gasteiger partial charge in [0.05, 0.1) is 11.0 Å². The second-order valence-electron chi connectivity index (χ2n) is 7.31. The summed E-state index contributed by atoms with van der Waals surface area (Å²) in [6.45, 7) is 4.86. The number of aromatic hydroxyl groups is 1. The van der Waals surface area contributed by atoms with Crippen molar-refractivity contribution in [2.24, 2.45) is 11.3 Å². The molecule has 1 aliphatic rings. The third-order valence-electron chi connectivity index (χ3n) is 5.24. The molecule has 0 bridgehead atoms. The number of benzene rings is 1. The number of rotatable bonds is 5. The Morgan fingerprint density at radius 2 is 2.04 bits per heavy atom. The number of ether oxygens (including phenoxy) is 1. The van der Waals surface area contributed by atoms with Crippen molar-refractivity contribution in [3.05, 3.63) is 29.3 Å². The van der Waals surface area contributed by atoms with Gasteiger partial charge in [0.25, 0.3) is 0 Å². The van der Waals surface area contributed by atoms with Crippen LogP contribution in [0.15, 0.2) is 18.2 Å². The number of alkyl halides is 3. The highest BCUT2D eigenvalue weighted by atomic mass is 19.4. The highest BCUT2D eigenvalue weighted by molar-refractivity contribution is 5.83. The summed E-state index contributed by atoms with van der Waals surface area (Å²) in [7, 11) is 0. The van der Waals surface area contributed by atoms with Crippen molar-refractivity contribution < 1.29 is 32.6 Å². The van der Waals surface area contributed by atoms with E-state index in [2.05, 4.69) is 5.32 Å². The number of hydrogen-bond acceptors (Lipinski definition) is 4. The molecule has 0 heterocycles. The number of esters is 1. The molecule has 1 aromatic rings. The first-order valence-corrected chi connectivity index (χ1v) is 8.80. The molecule has 1 fully saturated rings. The summed E-state index contributed by atoms with van der Waals surface area (Å²) in [4.78, 5) is 24.0. The lowest BCUT2D eigenvalue weighted by Crippen LogP contribution is -2.43. The molecule has 27 heavy (non-hydrogen) atoms. The Hall–Kier alpha value is -2.25. The second-order valence-corrected chi connectivity index (χ2v) is 7.31. The highest BCUT2D eigenvalue weighted by Gasteiger charge is 2.48. The van der Waals surface area contributed by atoms with Gasteiger partial charge in [-0.2, -0.15) is 13.2 Å². The van der Waals surface area contributed by atoms with Crippen LogP contribution in [0.1, 0.15) is 51.2 Å². The van der Waals surface area contributed by atoms with E-state index in [9.17, 15) is 27.9 Å². The van der Waals surface area contributed by atoms with Gasteiger partial charge < -0.3 is 15.2 Å². The largest absolute Gasteiger partial charge is 0.508 e. The minimum absolute atomic E-state index is 0.00776. The van der Waals surface area contributed by atoms with E-state index < -0.39 is 23.1 Å². The van der Waals surface area contributed by atoms with E-state index in [0.717, 1.165) is 18.2 Å². The van der Waals surface area contributed by atoms with E-state index >= 15 is 0 Å². The average Bonchev–Trinajstić information content (AvgIpc) is 2.97. The van der Waals surface area contributed by atoms with Gasteiger partial charge in [0.15, 0.2) is 0 Å². The lowest BCUT2D eigenvalue weighted by molar-refractivity contribution is -0.147. The van der Waals surface area contributed by atoms with Crippen molar-refractivity contribution in [2.45, 2.75) is 58.9 Å². The third-order valence-corrected chi connectivity index (χ3v) is 5.24. The SMILES string of the molecule is CC(=O)OC1CCC(C(=O)NCc2cc(C(F)(F)F)ccc2O)(C(C)C)C1. The summed E-state index contributed by atoms with van der Waals surface area (Å²) in [6, 6.07) is 2.58. The van der Waals surface area contributed by atoms with Crippen LogP contribution >= 0.6 is 0 Å². The van der Waals surface area contributed by atoms with Crippen LogP contribution < -0.4 is 5.32 Å². The molecule has 150 valence electrons. The number of halogens is 3. The van der Waals surface area contributed by atoms with Crippen molar-refractivity contribution in [1.82, 2.24) is 5.32 Å². The number of hydrogen-bond donors (Lipinski definition) is 2. The minimum atomic E-state index is -4.53. The summed E-state index contributed by atoms with van der Waals surface area (Å²) >= 11 is 0. The molecule has 1 amide bonds. The number of amides is 1. The van der Waals surface area contributed by atoms with Crippen LogP contribution in [0.4, 0.5) is 13.2 Å². The summed E-state index contributed by atoms with van der Waals surface area (Å²) in [6.07, 6.45) is -3.44. The standard InChI is InChI=1S/C19H24F3NO4/c1-11(2)18(7-6-15(9-18)27-12(3)24)17(26)23-10-13-8-14(19(20,21)22)4-5-16(13)25/h4-5,8,11,15,25H,6-7,9-10H2,1-3H3,(H,23,26). The molecule has 2 rings (SSSR count). The summed E-state index contributed by atoms with van der Waals surface area (Å²) in [5, 5.41) is 12.5. The molecule has 2 atom stereocenters. The molecule has 5 nitrogen and oxygen atoms in total. The number of phenolic OH excluding ortho intramolecular Hbond substituents is 1. The van der Waals surface area contributed by atoms with E-state index in [1.54, 1.807) is 0 Å². The Balaban J connectivity index is 2.13. The van der Waals surface area contributed by atoms with Gasteiger partial charge in [0.1, 0.15) is 11.9 Å². The molecule has 0 spiro atoms. The van der Waals surface area contributed by atoms with Crippen molar-refractivity contribution in [1.29, 1.82) is 0 Å². The van der Waals surface area contributed by atoms with E-state index in [4.69, 9.17) is 4.74 Å². The maximum absolute atomic E-state index is 12.9. The molecule has 0 aromatic heterocycles. The van der Waals surface area contributed by atoms with Gasteiger partial charge in [-0.05, 0) is 43.4 Å². The fourth-order valence-electron chi connectivity index (χ4n) is 3.61. The smallest absolute Gasteiger partial charge is 0.416 e. The molecule has 8 heteroatoms. The zero-order chi connectivity index (χ0) is 20.4. The number of carbonyl (C=O) groups is 2. The maximum Gasteiger partial charge on any atom is 0.416 e. The van der Waals surface area contributed by atoms with Crippen LogP contribution in [0.5, 0.6) is 5.75 Å². The van der Waals surface area contributed by atoms with Crippen LogP contribution in [-0.2, 0) is 27.0 Å². The number of phenols is 1. The topological polar surface area (TPSA) is 75.6 Å². The van der Waals surface area contributed by atoms with E-state index in [0.29, 0.717) is 19.3 Å². The van der Waals surface area contributed by atoms with Crippen LogP contribution in [0.2, 0.25) is 0 Å². The van der Waals surface area contributed by atoms with Crippen molar-refractivity contribution in [2.75, 3.05) is 0 Å². The van der Waals surface area contributed by atoms with Crippen molar-refractivity contribution in [3.8, 4) is 5.75 Å². The quantitative estimate of drug-likeness (QED) is 0.754. The van der Waals surface area contributed by atoms with E-state index in [-0.39, 0.29) is 35.8 Å². The molecule has 1 saturated carbocycles. The van der Waals surface area contributed by atoms with Crippen LogP contribution in [-0.4, -0.2) is 23.1 Å². The predicted molar refractivity (Wildman–Crippen MR) is 91.6 cm³/mol. The Kier molecular flexibility index (Phi) is 6.07.